The zero-order valence-corrected chi connectivity index (χ0v) is 25.1. The second kappa shape index (κ2) is 10.8. The molecule has 2 aromatic heterocycles. The van der Waals surface area contributed by atoms with Gasteiger partial charge in [0.2, 0.25) is 0 Å². The summed E-state index contributed by atoms with van der Waals surface area (Å²) in [7, 11) is 0. The Morgan fingerprint density at radius 3 is 2.35 bits per heavy atom. The van der Waals surface area contributed by atoms with E-state index in [4.69, 9.17) is 4.74 Å². The van der Waals surface area contributed by atoms with Gasteiger partial charge in [-0.05, 0) is 99.7 Å². The number of hydrogen-bond donors (Lipinski definition) is 0. The molecular weight excluding hydrogens is 632 g/mol. The minimum atomic E-state index is -4.64. The lowest BCUT2D eigenvalue weighted by Crippen LogP contribution is -2.41. The van der Waals surface area contributed by atoms with Crippen LogP contribution < -0.4 is 0 Å². The smallest absolute Gasteiger partial charge is 0.435 e. The first kappa shape index (κ1) is 28.6. The van der Waals surface area contributed by atoms with E-state index in [1.54, 1.807) is 17.0 Å². The van der Waals surface area contributed by atoms with Crippen LogP contribution in [0.1, 0.15) is 51.3 Å². The quantitative estimate of drug-likeness (QED) is 0.207. The third-order valence-electron chi connectivity index (χ3n) is 7.23. The van der Waals surface area contributed by atoms with Crippen molar-refractivity contribution in [1.82, 2.24) is 19.4 Å². The zero-order valence-electron chi connectivity index (χ0n) is 23.0. The van der Waals surface area contributed by atoms with Gasteiger partial charge in [0.05, 0.1) is 11.0 Å². The van der Waals surface area contributed by atoms with Crippen LogP contribution in [0.2, 0.25) is 0 Å². The van der Waals surface area contributed by atoms with E-state index in [-0.39, 0.29) is 11.6 Å². The lowest BCUT2D eigenvalue weighted by molar-refractivity contribution is -0.139. The van der Waals surface area contributed by atoms with E-state index in [1.807, 2.05) is 62.6 Å². The second-order valence-electron chi connectivity index (χ2n) is 11.5. The number of piperidine rings is 1. The number of fused-ring (bicyclic) bond motifs is 3. The Kier molecular flexibility index (Phi) is 7.75. The molecule has 0 spiro atoms. The third kappa shape index (κ3) is 6.06. The number of nitrogens with zero attached hydrogens (tertiary/aromatic N) is 4. The number of alkyl halides is 3. The Labute approximate surface area is 245 Å². The molecule has 0 bridgehead atoms. The number of likely N-dealkylation sites (tertiary alicyclic amines) is 1. The van der Waals surface area contributed by atoms with Gasteiger partial charge < -0.3 is 14.2 Å². The van der Waals surface area contributed by atoms with Crippen molar-refractivity contribution in [1.29, 1.82) is 0 Å². The molecule has 1 saturated heterocycles. The van der Waals surface area contributed by atoms with Crippen LogP contribution in [0.3, 0.4) is 0 Å². The van der Waals surface area contributed by atoms with Gasteiger partial charge in [-0.1, -0.05) is 23.8 Å². The molecule has 0 N–H and O–H groups in total. The lowest BCUT2D eigenvalue weighted by atomic mass is 9.93. The Morgan fingerprint density at radius 2 is 1.73 bits per heavy atom. The summed E-state index contributed by atoms with van der Waals surface area (Å²) >= 11 is 2.21. The topological polar surface area (TPSA) is 60.2 Å². The summed E-state index contributed by atoms with van der Waals surface area (Å²) in [6, 6.07) is 13.0. The zero-order chi connectivity index (χ0) is 28.8. The Morgan fingerprint density at radius 1 is 1.05 bits per heavy atom. The molecule has 1 aliphatic heterocycles. The van der Waals surface area contributed by atoms with Gasteiger partial charge in [-0.25, -0.2) is 14.8 Å². The predicted molar refractivity (Wildman–Crippen MR) is 158 cm³/mol. The van der Waals surface area contributed by atoms with E-state index < -0.39 is 17.5 Å². The van der Waals surface area contributed by atoms with Gasteiger partial charge in [0.1, 0.15) is 16.9 Å². The van der Waals surface area contributed by atoms with Crippen molar-refractivity contribution in [2.45, 2.75) is 65.3 Å². The fourth-order valence-electron chi connectivity index (χ4n) is 5.28. The molecule has 0 unspecified atom stereocenters. The first-order chi connectivity index (χ1) is 18.8. The first-order valence-electron chi connectivity index (χ1n) is 13.4. The molecule has 1 amide bonds. The fraction of sp³-hybridized carbons (Fsp3) is 0.433. The maximum absolute atomic E-state index is 14.2. The van der Waals surface area contributed by atoms with Gasteiger partial charge in [-0.3, -0.25) is 0 Å². The van der Waals surface area contributed by atoms with Crippen molar-refractivity contribution >= 4 is 50.6 Å². The summed E-state index contributed by atoms with van der Waals surface area (Å²) in [5.41, 5.74) is 0.813. The maximum Gasteiger partial charge on any atom is 0.435 e. The summed E-state index contributed by atoms with van der Waals surface area (Å²) in [4.78, 5) is 22.9. The van der Waals surface area contributed by atoms with Gasteiger partial charge in [-0.2, -0.15) is 13.2 Å². The molecule has 1 fully saturated rings. The van der Waals surface area contributed by atoms with Gasteiger partial charge in [0.25, 0.3) is 0 Å². The van der Waals surface area contributed by atoms with Crippen molar-refractivity contribution in [3.63, 3.8) is 0 Å². The summed E-state index contributed by atoms with van der Waals surface area (Å²) in [6.45, 7) is 9.16. The molecule has 1 aliphatic rings. The highest BCUT2D eigenvalue weighted by molar-refractivity contribution is 14.1. The van der Waals surface area contributed by atoms with Crippen LogP contribution >= 0.6 is 22.6 Å². The van der Waals surface area contributed by atoms with Crippen LogP contribution in [0.5, 0.6) is 0 Å². The number of pyridine rings is 1. The maximum atomic E-state index is 14.2. The fourth-order valence-corrected chi connectivity index (χ4v) is 5.64. The number of imidazole rings is 1. The van der Waals surface area contributed by atoms with Crippen LogP contribution in [-0.2, 0) is 17.5 Å². The van der Waals surface area contributed by atoms with Crippen LogP contribution in [0.4, 0.5) is 18.0 Å². The average molecular weight is 665 g/mol. The van der Waals surface area contributed by atoms with Crippen LogP contribution in [0, 0.1) is 16.4 Å². The summed E-state index contributed by atoms with van der Waals surface area (Å²) in [5.74, 6) is 0.816. The highest BCUT2D eigenvalue weighted by Gasteiger charge is 2.38. The Balaban J connectivity index is 1.53. The van der Waals surface area contributed by atoms with Crippen molar-refractivity contribution in [3.8, 4) is 11.4 Å². The summed E-state index contributed by atoms with van der Waals surface area (Å²) < 4.78 is 51.2. The standard InChI is InChI=1S/C30H32F3IN4O2/c1-18-5-10-23-22(17-18)25-24(26(35-23)30(31,32)33)36-27(20-6-8-21(34)9-7-20)38(25)16-13-19-11-14-37(15-12-19)28(39)40-29(2,3)4/h5-10,17,19H,11-16H2,1-4H3. The predicted octanol–water partition coefficient (Wildman–Crippen LogP) is 8.22. The number of aryl methyl sites for hydroxylation is 2. The largest absolute Gasteiger partial charge is 0.444 e. The van der Waals surface area contributed by atoms with Gasteiger partial charge in [-0.15, -0.1) is 0 Å². The Bertz CT molecular complexity index is 1550. The number of carbonyl (C=O) groups excluding carboxylic acids is 1. The van der Waals surface area contributed by atoms with Gasteiger partial charge in [0, 0.05) is 34.2 Å². The van der Waals surface area contributed by atoms with Crippen LogP contribution in [-0.4, -0.2) is 44.2 Å². The molecule has 0 aliphatic carbocycles. The van der Waals surface area contributed by atoms with Crippen LogP contribution in [0.25, 0.3) is 33.3 Å². The number of benzene rings is 2. The van der Waals surface area contributed by atoms with Gasteiger partial charge in [0.15, 0.2) is 5.69 Å². The molecule has 5 rings (SSSR count). The van der Waals surface area contributed by atoms with Crippen molar-refractivity contribution in [3.05, 3.63) is 57.3 Å². The molecule has 6 nitrogen and oxygen atoms in total. The highest BCUT2D eigenvalue weighted by Crippen LogP contribution is 2.39. The number of hydrogen-bond acceptors (Lipinski definition) is 4. The number of aromatic nitrogens is 3. The average Bonchev–Trinajstić information content (AvgIpc) is 3.25. The number of carbonyl (C=O) groups is 1. The number of amides is 1. The number of halogens is 4. The summed E-state index contributed by atoms with van der Waals surface area (Å²) in [5, 5.41) is 0.659. The van der Waals surface area contributed by atoms with E-state index >= 15 is 0 Å². The SMILES string of the molecule is Cc1ccc2nc(C(F)(F)F)c3nc(-c4ccc(I)cc4)n(CCC4CCN(C(=O)OC(C)(C)C)CC4)c3c2c1. The minimum Gasteiger partial charge on any atom is -0.444 e. The molecule has 0 atom stereocenters. The van der Waals surface area contributed by atoms with E-state index in [0.29, 0.717) is 47.8 Å². The van der Waals surface area contributed by atoms with Gasteiger partial charge >= 0.3 is 12.3 Å². The third-order valence-corrected chi connectivity index (χ3v) is 7.95. The number of ether oxygens (including phenoxy) is 1. The molecule has 4 aromatic rings. The molecule has 40 heavy (non-hydrogen) atoms. The molecule has 2 aromatic carbocycles. The normalized spacial score (nSPS) is 15.2. The number of rotatable bonds is 4. The first-order valence-corrected chi connectivity index (χ1v) is 14.5. The summed E-state index contributed by atoms with van der Waals surface area (Å²) in [6.07, 6.45) is -2.59. The van der Waals surface area contributed by atoms with Crippen molar-refractivity contribution in [2.24, 2.45) is 5.92 Å². The lowest BCUT2D eigenvalue weighted by Gasteiger charge is -2.33. The van der Waals surface area contributed by atoms with E-state index in [1.165, 1.54) is 0 Å². The van der Waals surface area contributed by atoms with E-state index in [0.717, 1.165) is 34.0 Å². The van der Waals surface area contributed by atoms with E-state index in [9.17, 15) is 18.0 Å². The molecule has 212 valence electrons. The molecule has 0 saturated carbocycles. The Hall–Kier alpha value is -2.89. The molecular formula is C30H32F3IN4O2. The molecule has 10 heteroatoms. The molecule has 0 radical (unpaired) electrons. The highest BCUT2D eigenvalue weighted by atomic mass is 127. The molecule has 3 heterocycles. The van der Waals surface area contributed by atoms with Crippen molar-refractivity contribution in [2.75, 3.05) is 13.1 Å². The van der Waals surface area contributed by atoms with Crippen molar-refractivity contribution < 1.29 is 22.7 Å². The van der Waals surface area contributed by atoms with E-state index in [2.05, 4.69) is 32.6 Å². The minimum absolute atomic E-state index is 0.126. The van der Waals surface area contributed by atoms with Crippen LogP contribution in [0.15, 0.2) is 42.5 Å². The second-order valence-corrected chi connectivity index (χ2v) is 12.7. The monoisotopic (exact) mass is 664 g/mol.